The van der Waals surface area contributed by atoms with Gasteiger partial charge in [-0.15, -0.1) is 11.3 Å². The zero-order chi connectivity index (χ0) is 18.8. The van der Waals surface area contributed by atoms with E-state index in [9.17, 15) is 4.79 Å². The molecule has 3 heterocycles. The second kappa shape index (κ2) is 7.56. The van der Waals surface area contributed by atoms with E-state index in [0.29, 0.717) is 5.92 Å². The van der Waals surface area contributed by atoms with E-state index in [1.165, 1.54) is 16.6 Å². The molecule has 1 aromatic carbocycles. The summed E-state index contributed by atoms with van der Waals surface area (Å²) in [4.78, 5) is 20.2. The first-order chi connectivity index (χ1) is 13.1. The van der Waals surface area contributed by atoms with Gasteiger partial charge in [-0.1, -0.05) is 26.0 Å². The summed E-state index contributed by atoms with van der Waals surface area (Å²) >= 11 is 1.66. The summed E-state index contributed by atoms with van der Waals surface area (Å²) in [6.07, 6.45) is 2.80. The minimum atomic E-state index is -0.144. The Hall–Kier alpha value is -2.60. The van der Waals surface area contributed by atoms with Crippen molar-refractivity contribution in [2.24, 2.45) is 0 Å². The van der Waals surface area contributed by atoms with E-state index in [-0.39, 0.29) is 14.9 Å². The maximum Gasteiger partial charge on any atom is 0.319 e. The molecule has 0 bridgehead atoms. The topological polar surface area (TPSA) is 57.3 Å². The van der Waals surface area contributed by atoms with Gasteiger partial charge < -0.3 is 15.5 Å². The van der Waals surface area contributed by atoms with Crippen LogP contribution >= 0.6 is 11.3 Å². The summed E-state index contributed by atoms with van der Waals surface area (Å²) in [7, 11) is 0. The Kier molecular flexibility index (Phi) is 4.99. The number of carbonyl (C=O) groups is 1. The summed E-state index contributed by atoms with van der Waals surface area (Å²) in [5.41, 5.74) is 3.29. The van der Waals surface area contributed by atoms with Crippen molar-refractivity contribution in [1.82, 2.24) is 10.3 Å². The molecule has 6 heteroatoms. The number of thiophene rings is 1. The lowest BCUT2D eigenvalue weighted by atomic mass is 10.0. The van der Waals surface area contributed by atoms with E-state index >= 15 is 0 Å². The van der Waals surface area contributed by atoms with Gasteiger partial charge in [0.2, 0.25) is 0 Å². The van der Waals surface area contributed by atoms with Crippen LogP contribution in [0, 0.1) is 0 Å². The molecule has 1 aliphatic rings. The highest BCUT2D eigenvalue weighted by Crippen LogP contribution is 2.31. The highest BCUT2D eigenvalue weighted by molar-refractivity contribution is 7.16. The molecule has 2 aromatic heterocycles. The quantitative estimate of drug-likeness (QED) is 0.641. The molecule has 0 aliphatic carbocycles. The zero-order valence-electron chi connectivity index (χ0n) is 15.6. The third-order valence-electron chi connectivity index (χ3n) is 5.04. The average Bonchev–Trinajstić information content (AvgIpc) is 3.31. The van der Waals surface area contributed by atoms with E-state index < -0.39 is 0 Å². The number of aromatic nitrogens is 1. The first-order valence-corrected chi connectivity index (χ1v) is 10.2. The summed E-state index contributed by atoms with van der Waals surface area (Å²) in [5.74, 6) is 0.486. The second-order valence-corrected chi connectivity index (χ2v) is 8.17. The van der Waals surface area contributed by atoms with Crippen LogP contribution in [0.5, 0.6) is 0 Å². The summed E-state index contributed by atoms with van der Waals surface area (Å²) in [6, 6.07) is 12.2. The number of amides is 2. The third kappa shape index (κ3) is 3.90. The van der Waals surface area contributed by atoms with Crippen molar-refractivity contribution < 1.29 is 7.65 Å². The van der Waals surface area contributed by atoms with Crippen molar-refractivity contribution in [2.45, 2.75) is 32.2 Å². The normalized spacial score (nSPS) is 16.9. The van der Waals surface area contributed by atoms with Gasteiger partial charge in [0.25, 0.3) is 0 Å². The lowest BCUT2D eigenvalue weighted by molar-refractivity contribution is 0.249. The molecular weight excluding hydrogens is 356 g/mol. The number of rotatable bonds is 4. The Morgan fingerprint density at radius 1 is 1.26 bits per heavy atom. The van der Waals surface area contributed by atoms with Crippen molar-refractivity contribution in [3.63, 3.8) is 0 Å². The minimum absolute atomic E-state index is 0. The van der Waals surface area contributed by atoms with Crippen LogP contribution < -0.4 is 15.5 Å². The van der Waals surface area contributed by atoms with Crippen LogP contribution in [0.15, 0.2) is 48.0 Å². The van der Waals surface area contributed by atoms with Crippen LogP contribution in [-0.4, -0.2) is 30.1 Å². The standard InChI is InChI=1S/C21H24N4OS.2H2/c1-14(2)15-3-5-16(6-4-15)23-21(26)24-17-8-11-25(13-17)19-7-10-22-20-18(19)9-12-27-20;;/h3-7,9-10,12,14,17H,8,11,13H2,1-2H3,(H2,23,24,26);2*1H. The number of hydrogen-bond donors (Lipinski definition) is 2. The van der Waals surface area contributed by atoms with Crippen LogP contribution in [0.25, 0.3) is 10.2 Å². The van der Waals surface area contributed by atoms with Crippen molar-refractivity contribution in [1.29, 1.82) is 0 Å². The van der Waals surface area contributed by atoms with Crippen molar-refractivity contribution in [3.05, 3.63) is 53.5 Å². The number of nitrogens with one attached hydrogen (secondary N) is 2. The second-order valence-electron chi connectivity index (χ2n) is 7.28. The molecule has 1 atom stereocenters. The Morgan fingerprint density at radius 3 is 2.85 bits per heavy atom. The predicted molar refractivity (Wildman–Crippen MR) is 117 cm³/mol. The summed E-state index contributed by atoms with van der Waals surface area (Å²) in [6.45, 7) is 6.07. The van der Waals surface area contributed by atoms with Crippen molar-refractivity contribution in [2.75, 3.05) is 23.3 Å². The number of nitrogens with zero attached hydrogens (tertiary/aromatic N) is 2. The Bertz CT molecular complexity index is 945. The predicted octanol–water partition coefficient (Wildman–Crippen LogP) is 5.31. The number of urea groups is 1. The molecule has 1 unspecified atom stereocenters. The zero-order valence-corrected chi connectivity index (χ0v) is 16.4. The Balaban J connectivity index is 0.00000150. The van der Waals surface area contributed by atoms with Crippen LogP contribution in [0.3, 0.4) is 0 Å². The molecule has 5 nitrogen and oxygen atoms in total. The highest BCUT2D eigenvalue weighted by atomic mass is 32.1. The van der Waals surface area contributed by atoms with Gasteiger partial charge in [0.15, 0.2) is 0 Å². The molecule has 1 aliphatic heterocycles. The fourth-order valence-corrected chi connectivity index (χ4v) is 4.29. The smallest absolute Gasteiger partial charge is 0.319 e. The number of hydrogen-bond acceptors (Lipinski definition) is 4. The monoisotopic (exact) mass is 384 g/mol. The fourth-order valence-electron chi connectivity index (χ4n) is 3.54. The molecule has 1 saturated heterocycles. The van der Waals surface area contributed by atoms with Gasteiger partial charge in [-0.05, 0) is 47.5 Å². The average molecular weight is 385 g/mol. The highest BCUT2D eigenvalue weighted by Gasteiger charge is 2.25. The molecule has 0 radical (unpaired) electrons. The number of pyridine rings is 1. The Morgan fingerprint density at radius 2 is 2.07 bits per heavy atom. The van der Waals surface area contributed by atoms with E-state index in [1.807, 2.05) is 18.3 Å². The van der Waals surface area contributed by atoms with Gasteiger partial charge in [0, 0.05) is 44.9 Å². The molecule has 1 fully saturated rings. The first-order valence-electron chi connectivity index (χ1n) is 9.35. The van der Waals surface area contributed by atoms with Crippen molar-refractivity contribution in [3.8, 4) is 0 Å². The van der Waals surface area contributed by atoms with Crippen LogP contribution in [-0.2, 0) is 0 Å². The summed E-state index contributed by atoms with van der Waals surface area (Å²) < 4.78 is 0. The molecule has 2 N–H and O–H groups in total. The lowest BCUT2D eigenvalue weighted by Crippen LogP contribution is -2.39. The van der Waals surface area contributed by atoms with Gasteiger partial charge in [0.1, 0.15) is 4.83 Å². The van der Waals surface area contributed by atoms with Gasteiger partial charge in [-0.25, -0.2) is 9.78 Å². The maximum atomic E-state index is 12.4. The molecule has 2 amide bonds. The molecule has 27 heavy (non-hydrogen) atoms. The molecule has 0 spiro atoms. The number of fused-ring (bicyclic) bond motifs is 1. The minimum Gasteiger partial charge on any atom is -0.369 e. The lowest BCUT2D eigenvalue weighted by Gasteiger charge is -2.20. The largest absolute Gasteiger partial charge is 0.369 e. The van der Waals surface area contributed by atoms with E-state index in [2.05, 4.69) is 64.0 Å². The molecule has 3 aromatic rings. The molecule has 0 saturated carbocycles. The van der Waals surface area contributed by atoms with Crippen LogP contribution in [0.4, 0.5) is 16.2 Å². The summed E-state index contributed by atoms with van der Waals surface area (Å²) in [5, 5.41) is 9.31. The molecule has 144 valence electrons. The van der Waals surface area contributed by atoms with Crippen molar-refractivity contribution >= 4 is 39.0 Å². The SMILES string of the molecule is CC(C)c1ccc(NC(=O)NC2CCN(c3ccnc4sccc34)C2)cc1.[HH].[HH]. The third-order valence-corrected chi connectivity index (χ3v) is 5.87. The maximum absolute atomic E-state index is 12.4. The Labute approximate surface area is 166 Å². The van der Waals surface area contributed by atoms with Gasteiger partial charge in [-0.3, -0.25) is 0 Å². The van der Waals surface area contributed by atoms with E-state index in [0.717, 1.165) is 30.0 Å². The van der Waals surface area contributed by atoms with Gasteiger partial charge in [0.05, 0.1) is 0 Å². The molecular formula is C21H28N4OS. The van der Waals surface area contributed by atoms with Crippen LogP contribution in [0.1, 0.15) is 34.6 Å². The van der Waals surface area contributed by atoms with E-state index in [1.54, 1.807) is 11.3 Å². The van der Waals surface area contributed by atoms with Gasteiger partial charge >= 0.3 is 6.03 Å². The van der Waals surface area contributed by atoms with Crippen LogP contribution in [0.2, 0.25) is 0 Å². The first kappa shape index (κ1) is 17.8. The van der Waals surface area contributed by atoms with E-state index in [4.69, 9.17) is 0 Å². The molecule has 4 rings (SSSR count). The number of carbonyl (C=O) groups excluding carboxylic acids is 1. The number of benzene rings is 1. The fraction of sp³-hybridized carbons (Fsp3) is 0.333. The van der Waals surface area contributed by atoms with Gasteiger partial charge in [-0.2, -0.15) is 0 Å². The number of anilines is 2.